The van der Waals surface area contributed by atoms with Crippen LogP contribution in [0.1, 0.15) is 30.5 Å². The number of aromatic amines is 1. The lowest BCUT2D eigenvalue weighted by molar-refractivity contribution is -0.136. The standard InChI is InChI=1S/C29H28N2O6/c1-20(2)13-14-23-17-31(29(34)30-27(23)32)16-15-24-25(35-18-21-9-5-3-6-10-21)26(28(33)37-24)36-19-22-11-7-4-8-12-22/h3-13,15,17H,14,16,18-19H2,1-2H3,(H,30,32,34)/b24-15-. The van der Waals surface area contributed by atoms with Gasteiger partial charge in [0.1, 0.15) is 13.2 Å². The first kappa shape index (κ1) is 25.5. The van der Waals surface area contributed by atoms with Crippen molar-refractivity contribution in [2.75, 3.05) is 0 Å². The molecule has 0 spiro atoms. The molecule has 1 aliphatic heterocycles. The fraction of sp³-hybridized carbons (Fsp3) is 0.207. The van der Waals surface area contributed by atoms with Crippen molar-refractivity contribution in [2.24, 2.45) is 0 Å². The second-order valence-electron chi connectivity index (χ2n) is 8.72. The van der Waals surface area contributed by atoms with Gasteiger partial charge in [-0.2, -0.15) is 0 Å². The average molecular weight is 501 g/mol. The van der Waals surface area contributed by atoms with Crippen LogP contribution in [0.25, 0.3) is 0 Å². The third kappa shape index (κ3) is 6.76. The van der Waals surface area contributed by atoms with Crippen LogP contribution in [0.15, 0.2) is 111 Å². The predicted molar refractivity (Wildman–Crippen MR) is 138 cm³/mol. The monoisotopic (exact) mass is 500 g/mol. The summed E-state index contributed by atoms with van der Waals surface area (Å²) in [6.07, 6.45) is 5.37. The molecule has 3 aromatic rings. The first-order valence-corrected chi connectivity index (χ1v) is 11.9. The summed E-state index contributed by atoms with van der Waals surface area (Å²) < 4.78 is 18.6. The number of nitrogens with zero attached hydrogens (tertiary/aromatic N) is 1. The van der Waals surface area contributed by atoms with Crippen molar-refractivity contribution in [3.63, 3.8) is 0 Å². The van der Waals surface area contributed by atoms with Crippen LogP contribution in [0.4, 0.5) is 0 Å². The number of benzene rings is 2. The van der Waals surface area contributed by atoms with Crippen molar-refractivity contribution in [1.82, 2.24) is 9.55 Å². The number of rotatable bonds is 10. The number of hydrogen-bond acceptors (Lipinski definition) is 6. The summed E-state index contributed by atoms with van der Waals surface area (Å²) in [6, 6.07) is 18.9. The second kappa shape index (κ2) is 11.9. The summed E-state index contributed by atoms with van der Waals surface area (Å²) in [5.74, 6) is -0.410. The van der Waals surface area contributed by atoms with Gasteiger partial charge in [0.25, 0.3) is 11.3 Å². The van der Waals surface area contributed by atoms with Gasteiger partial charge in [-0.1, -0.05) is 72.3 Å². The SMILES string of the molecule is CC(C)=CCc1cn(C/C=C2\OC(=O)C(OCc3ccccc3)=C2OCc2ccccc2)c(=O)[nH]c1=O. The number of ether oxygens (including phenoxy) is 3. The van der Waals surface area contributed by atoms with Crippen molar-refractivity contribution in [3.8, 4) is 0 Å². The molecule has 0 amide bonds. The molecule has 1 aromatic heterocycles. The highest BCUT2D eigenvalue weighted by Crippen LogP contribution is 2.30. The van der Waals surface area contributed by atoms with Gasteiger partial charge in [0.2, 0.25) is 5.76 Å². The largest absolute Gasteiger partial charge is 0.481 e. The summed E-state index contributed by atoms with van der Waals surface area (Å²) in [7, 11) is 0. The molecule has 8 heteroatoms. The number of carbonyl (C=O) groups excluding carboxylic acids is 1. The Kier molecular flexibility index (Phi) is 8.20. The summed E-state index contributed by atoms with van der Waals surface area (Å²) in [6.45, 7) is 4.26. The zero-order valence-corrected chi connectivity index (χ0v) is 20.7. The number of nitrogens with one attached hydrogen (secondary N) is 1. The van der Waals surface area contributed by atoms with Gasteiger partial charge in [-0.25, -0.2) is 9.59 Å². The molecular weight excluding hydrogens is 472 g/mol. The number of cyclic esters (lactones) is 1. The van der Waals surface area contributed by atoms with Crippen molar-refractivity contribution in [1.29, 1.82) is 0 Å². The molecule has 0 radical (unpaired) electrons. The minimum Gasteiger partial charge on any atom is -0.481 e. The molecule has 2 heterocycles. The maximum Gasteiger partial charge on any atom is 0.383 e. The molecule has 8 nitrogen and oxygen atoms in total. The fourth-order valence-electron chi connectivity index (χ4n) is 3.58. The number of aromatic nitrogens is 2. The van der Waals surface area contributed by atoms with E-state index in [2.05, 4.69) is 4.98 Å². The molecule has 4 rings (SSSR count). The number of carbonyl (C=O) groups is 1. The van der Waals surface area contributed by atoms with Crippen LogP contribution in [0.5, 0.6) is 0 Å². The highest BCUT2D eigenvalue weighted by Gasteiger charge is 2.34. The molecule has 0 saturated carbocycles. The van der Waals surface area contributed by atoms with Crippen LogP contribution >= 0.6 is 0 Å². The third-order valence-corrected chi connectivity index (χ3v) is 5.56. The van der Waals surface area contributed by atoms with Gasteiger partial charge in [-0.05, 0) is 37.5 Å². The molecular formula is C29H28N2O6. The number of allylic oxidation sites excluding steroid dienone is 3. The van der Waals surface area contributed by atoms with E-state index in [-0.39, 0.29) is 37.0 Å². The van der Waals surface area contributed by atoms with Crippen LogP contribution in [-0.2, 0) is 45.2 Å². The van der Waals surface area contributed by atoms with E-state index in [4.69, 9.17) is 14.2 Å². The molecule has 0 bridgehead atoms. The van der Waals surface area contributed by atoms with Gasteiger partial charge in [-0.3, -0.25) is 14.3 Å². The van der Waals surface area contributed by atoms with E-state index < -0.39 is 17.2 Å². The van der Waals surface area contributed by atoms with E-state index in [1.807, 2.05) is 80.6 Å². The lowest BCUT2D eigenvalue weighted by Gasteiger charge is -2.10. The van der Waals surface area contributed by atoms with E-state index in [9.17, 15) is 14.4 Å². The smallest absolute Gasteiger partial charge is 0.383 e. The van der Waals surface area contributed by atoms with Crippen molar-refractivity contribution < 1.29 is 19.0 Å². The molecule has 2 aromatic carbocycles. The highest BCUT2D eigenvalue weighted by molar-refractivity contribution is 5.91. The Morgan fingerprint density at radius 2 is 1.49 bits per heavy atom. The Morgan fingerprint density at radius 1 is 0.892 bits per heavy atom. The Balaban J connectivity index is 1.61. The Morgan fingerprint density at radius 3 is 2.08 bits per heavy atom. The molecule has 0 unspecified atom stereocenters. The molecule has 37 heavy (non-hydrogen) atoms. The summed E-state index contributed by atoms with van der Waals surface area (Å²) in [4.78, 5) is 39.6. The first-order chi connectivity index (χ1) is 17.9. The minimum absolute atomic E-state index is 0.0379. The highest BCUT2D eigenvalue weighted by atomic mass is 16.6. The molecule has 0 saturated heterocycles. The van der Waals surface area contributed by atoms with E-state index in [0.29, 0.717) is 12.0 Å². The molecule has 1 N–H and O–H groups in total. The van der Waals surface area contributed by atoms with Crippen LogP contribution in [-0.4, -0.2) is 15.5 Å². The maximum atomic E-state index is 12.7. The predicted octanol–water partition coefficient (Wildman–Crippen LogP) is 4.13. The zero-order chi connectivity index (χ0) is 26.2. The Hall–Kier alpha value is -4.59. The second-order valence-corrected chi connectivity index (χ2v) is 8.72. The van der Waals surface area contributed by atoms with Gasteiger partial charge >= 0.3 is 11.7 Å². The van der Waals surface area contributed by atoms with Gasteiger partial charge < -0.3 is 14.2 Å². The maximum absolute atomic E-state index is 12.7. The molecule has 0 atom stereocenters. The Labute approximate surface area is 214 Å². The number of hydrogen-bond donors (Lipinski definition) is 1. The normalized spacial score (nSPS) is 14.0. The Bertz CT molecular complexity index is 1460. The third-order valence-electron chi connectivity index (χ3n) is 5.56. The van der Waals surface area contributed by atoms with E-state index >= 15 is 0 Å². The van der Waals surface area contributed by atoms with Crippen molar-refractivity contribution in [2.45, 2.75) is 40.0 Å². The quantitative estimate of drug-likeness (QED) is 0.332. The van der Waals surface area contributed by atoms with Gasteiger partial charge in [-0.15, -0.1) is 0 Å². The molecule has 190 valence electrons. The van der Waals surface area contributed by atoms with Crippen molar-refractivity contribution in [3.05, 3.63) is 139 Å². The molecule has 0 fully saturated rings. The van der Waals surface area contributed by atoms with Gasteiger partial charge in [0.15, 0.2) is 5.76 Å². The lowest BCUT2D eigenvalue weighted by atomic mass is 10.2. The summed E-state index contributed by atoms with van der Waals surface area (Å²) in [5.41, 5.74) is 2.30. The van der Waals surface area contributed by atoms with Crippen LogP contribution in [0.3, 0.4) is 0 Å². The zero-order valence-electron chi connectivity index (χ0n) is 20.7. The molecule has 1 aliphatic rings. The van der Waals surface area contributed by atoms with Crippen LogP contribution < -0.4 is 11.2 Å². The van der Waals surface area contributed by atoms with Crippen LogP contribution in [0, 0.1) is 0 Å². The fourth-order valence-corrected chi connectivity index (χ4v) is 3.58. The van der Waals surface area contributed by atoms with E-state index in [0.717, 1.165) is 16.7 Å². The summed E-state index contributed by atoms with van der Waals surface area (Å²) in [5, 5.41) is 0. The first-order valence-electron chi connectivity index (χ1n) is 11.9. The van der Waals surface area contributed by atoms with Crippen molar-refractivity contribution >= 4 is 5.97 Å². The van der Waals surface area contributed by atoms with Crippen LogP contribution in [0.2, 0.25) is 0 Å². The average Bonchev–Trinajstić information content (AvgIpc) is 3.20. The summed E-state index contributed by atoms with van der Waals surface area (Å²) >= 11 is 0. The minimum atomic E-state index is -0.677. The topological polar surface area (TPSA) is 99.6 Å². The van der Waals surface area contributed by atoms with Gasteiger partial charge in [0.05, 0.1) is 0 Å². The number of H-pyrrole nitrogens is 1. The van der Waals surface area contributed by atoms with E-state index in [1.54, 1.807) is 6.08 Å². The van der Waals surface area contributed by atoms with E-state index in [1.165, 1.54) is 10.8 Å². The van der Waals surface area contributed by atoms with Gasteiger partial charge in [0, 0.05) is 18.3 Å². The number of esters is 1. The lowest BCUT2D eigenvalue weighted by Crippen LogP contribution is -2.31. The molecule has 0 aliphatic carbocycles.